The van der Waals surface area contributed by atoms with Crippen molar-refractivity contribution in [2.75, 3.05) is 6.54 Å². The highest BCUT2D eigenvalue weighted by molar-refractivity contribution is 8.14. The van der Waals surface area contributed by atoms with Crippen molar-refractivity contribution in [3.8, 4) is 0 Å². The minimum atomic E-state index is 0.394. The summed E-state index contributed by atoms with van der Waals surface area (Å²) in [6.07, 6.45) is 2.30. The van der Waals surface area contributed by atoms with Crippen LogP contribution in [0.3, 0.4) is 0 Å². The van der Waals surface area contributed by atoms with E-state index in [4.69, 9.17) is 0 Å². The molecule has 1 aliphatic heterocycles. The Kier molecular flexibility index (Phi) is 4.96. The van der Waals surface area contributed by atoms with Gasteiger partial charge in [-0.2, -0.15) is 11.3 Å². The quantitative estimate of drug-likeness (QED) is 0.901. The van der Waals surface area contributed by atoms with Crippen molar-refractivity contribution in [1.29, 1.82) is 0 Å². The number of thioether (sulfide) groups is 1. The molecule has 1 aromatic heterocycles. The Hall–Kier alpha value is -0.480. The Morgan fingerprint density at radius 1 is 1.47 bits per heavy atom. The van der Waals surface area contributed by atoms with Crippen LogP contribution in [-0.2, 0) is 6.42 Å². The zero-order valence-corrected chi connectivity index (χ0v) is 13.9. The number of nitrogens with zero attached hydrogens (tertiary/aromatic N) is 1. The molecule has 1 aliphatic rings. The van der Waals surface area contributed by atoms with E-state index in [9.17, 15) is 0 Å². The van der Waals surface area contributed by atoms with E-state index in [1.807, 2.05) is 11.8 Å². The van der Waals surface area contributed by atoms with E-state index in [-0.39, 0.29) is 0 Å². The molecule has 106 valence electrons. The highest BCUT2D eigenvalue weighted by atomic mass is 32.2. The van der Waals surface area contributed by atoms with Crippen LogP contribution in [-0.4, -0.2) is 23.0 Å². The van der Waals surface area contributed by atoms with Crippen molar-refractivity contribution in [1.82, 2.24) is 5.32 Å². The number of hydrogen-bond donors (Lipinski definition) is 1. The second-order valence-corrected chi connectivity index (χ2v) is 8.60. The SMILES string of the molecule is CC(Cc1ccsc1)NC1=NCC(CC(C)(C)C)S1. The van der Waals surface area contributed by atoms with Crippen molar-refractivity contribution in [2.24, 2.45) is 10.4 Å². The molecule has 19 heavy (non-hydrogen) atoms. The van der Waals surface area contributed by atoms with E-state index in [0.29, 0.717) is 16.7 Å². The number of hydrogen-bond acceptors (Lipinski definition) is 4. The van der Waals surface area contributed by atoms with Gasteiger partial charge in [0.25, 0.3) is 0 Å². The fourth-order valence-electron chi connectivity index (χ4n) is 2.31. The third-order valence-electron chi connectivity index (χ3n) is 3.05. The highest BCUT2D eigenvalue weighted by Gasteiger charge is 2.25. The minimum Gasteiger partial charge on any atom is -0.362 e. The molecule has 2 unspecified atom stereocenters. The van der Waals surface area contributed by atoms with Gasteiger partial charge in [0.05, 0.1) is 6.54 Å². The standard InChI is InChI=1S/C15H24N2S2/c1-11(7-12-5-6-18-10-12)17-14-16-9-13(19-14)8-15(2,3)4/h5-6,10-11,13H,7-9H2,1-4H3,(H,16,17). The minimum absolute atomic E-state index is 0.394. The number of amidine groups is 1. The van der Waals surface area contributed by atoms with Crippen LogP contribution in [0.4, 0.5) is 0 Å². The van der Waals surface area contributed by atoms with Gasteiger partial charge < -0.3 is 5.32 Å². The summed E-state index contributed by atoms with van der Waals surface area (Å²) in [5, 5.41) is 9.70. The molecule has 0 aliphatic carbocycles. The van der Waals surface area contributed by atoms with E-state index in [0.717, 1.165) is 18.1 Å². The molecule has 0 saturated heterocycles. The van der Waals surface area contributed by atoms with Gasteiger partial charge in [0, 0.05) is 11.3 Å². The van der Waals surface area contributed by atoms with E-state index < -0.39 is 0 Å². The lowest BCUT2D eigenvalue weighted by Crippen LogP contribution is -2.31. The largest absolute Gasteiger partial charge is 0.362 e. The summed E-state index contributed by atoms with van der Waals surface area (Å²) in [7, 11) is 0. The van der Waals surface area contributed by atoms with E-state index in [1.54, 1.807) is 11.3 Å². The van der Waals surface area contributed by atoms with Gasteiger partial charge in [-0.15, -0.1) is 0 Å². The van der Waals surface area contributed by atoms with Crippen LogP contribution in [0, 0.1) is 5.41 Å². The molecule has 0 radical (unpaired) electrons. The molecule has 0 spiro atoms. The Labute approximate surface area is 125 Å². The second kappa shape index (κ2) is 6.31. The summed E-state index contributed by atoms with van der Waals surface area (Å²) in [5.74, 6) is 0. The van der Waals surface area contributed by atoms with Crippen molar-refractivity contribution in [3.05, 3.63) is 22.4 Å². The summed E-state index contributed by atoms with van der Waals surface area (Å²) in [5.41, 5.74) is 1.81. The van der Waals surface area contributed by atoms with Crippen molar-refractivity contribution < 1.29 is 0 Å². The Balaban J connectivity index is 1.75. The molecular formula is C15H24N2S2. The molecule has 0 aromatic carbocycles. The molecule has 2 atom stereocenters. The molecule has 0 bridgehead atoms. The average Bonchev–Trinajstić information content (AvgIpc) is 2.88. The van der Waals surface area contributed by atoms with Crippen molar-refractivity contribution in [3.63, 3.8) is 0 Å². The predicted octanol–water partition coefficient (Wildman–Crippen LogP) is 4.18. The van der Waals surface area contributed by atoms with Crippen LogP contribution in [0.2, 0.25) is 0 Å². The molecule has 1 N–H and O–H groups in total. The van der Waals surface area contributed by atoms with Gasteiger partial charge in [-0.1, -0.05) is 32.5 Å². The highest BCUT2D eigenvalue weighted by Crippen LogP contribution is 2.31. The van der Waals surface area contributed by atoms with Gasteiger partial charge in [-0.05, 0) is 47.6 Å². The third kappa shape index (κ3) is 5.19. The lowest BCUT2D eigenvalue weighted by atomic mass is 9.90. The maximum Gasteiger partial charge on any atom is 0.157 e. The summed E-state index contributed by atoms with van der Waals surface area (Å²) in [6.45, 7) is 10.1. The zero-order valence-electron chi connectivity index (χ0n) is 12.3. The molecule has 2 rings (SSSR count). The fraction of sp³-hybridized carbons (Fsp3) is 0.667. The van der Waals surface area contributed by atoms with E-state index in [1.165, 1.54) is 12.0 Å². The predicted molar refractivity (Wildman–Crippen MR) is 88.4 cm³/mol. The molecule has 4 heteroatoms. The van der Waals surface area contributed by atoms with Crippen LogP contribution in [0.25, 0.3) is 0 Å². The monoisotopic (exact) mass is 296 g/mol. The van der Waals surface area contributed by atoms with Crippen LogP contribution in [0.5, 0.6) is 0 Å². The molecule has 2 nitrogen and oxygen atoms in total. The Bertz CT molecular complexity index is 418. The third-order valence-corrected chi connectivity index (χ3v) is 4.90. The van der Waals surface area contributed by atoms with Gasteiger partial charge in [0.15, 0.2) is 5.17 Å². The van der Waals surface area contributed by atoms with Crippen LogP contribution >= 0.6 is 23.1 Å². The van der Waals surface area contributed by atoms with Gasteiger partial charge in [0.1, 0.15) is 0 Å². The molecular weight excluding hydrogens is 272 g/mol. The number of aliphatic imine (C=N–C) groups is 1. The molecule has 0 amide bonds. The summed E-state index contributed by atoms with van der Waals surface area (Å²) in [6, 6.07) is 2.66. The van der Waals surface area contributed by atoms with Crippen molar-refractivity contribution in [2.45, 2.75) is 51.8 Å². The van der Waals surface area contributed by atoms with E-state index in [2.05, 4.69) is 54.8 Å². The Morgan fingerprint density at radius 2 is 2.26 bits per heavy atom. The summed E-state index contributed by atoms with van der Waals surface area (Å²) >= 11 is 3.69. The maximum absolute atomic E-state index is 4.64. The molecule has 2 heterocycles. The van der Waals surface area contributed by atoms with Crippen LogP contribution in [0.15, 0.2) is 21.8 Å². The fourth-order valence-corrected chi connectivity index (χ4v) is 4.46. The maximum atomic E-state index is 4.64. The van der Waals surface area contributed by atoms with Crippen molar-refractivity contribution >= 4 is 28.3 Å². The molecule has 0 fully saturated rings. The normalized spacial score (nSPS) is 21.3. The number of thiophene rings is 1. The van der Waals surface area contributed by atoms with Crippen LogP contribution in [0.1, 0.15) is 39.7 Å². The topological polar surface area (TPSA) is 24.4 Å². The second-order valence-electron chi connectivity index (χ2n) is 6.53. The van der Waals surface area contributed by atoms with Gasteiger partial charge >= 0.3 is 0 Å². The lowest BCUT2D eigenvalue weighted by Gasteiger charge is -2.22. The van der Waals surface area contributed by atoms with E-state index >= 15 is 0 Å². The Morgan fingerprint density at radius 3 is 2.89 bits per heavy atom. The first kappa shape index (κ1) is 14.9. The summed E-state index contributed by atoms with van der Waals surface area (Å²) in [4.78, 5) is 4.64. The van der Waals surface area contributed by atoms with Gasteiger partial charge in [-0.3, -0.25) is 4.99 Å². The number of rotatable bonds is 4. The van der Waals surface area contributed by atoms with Crippen LogP contribution < -0.4 is 5.32 Å². The first-order chi connectivity index (χ1) is 8.92. The first-order valence-corrected chi connectivity index (χ1v) is 8.73. The number of nitrogens with one attached hydrogen (secondary N) is 1. The summed E-state index contributed by atoms with van der Waals surface area (Å²) < 4.78 is 0. The first-order valence-electron chi connectivity index (χ1n) is 6.91. The van der Waals surface area contributed by atoms with Gasteiger partial charge in [-0.25, -0.2) is 0 Å². The smallest absolute Gasteiger partial charge is 0.157 e. The molecule has 1 aromatic rings. The molecule has 0 saturated carbocycles. The lowest BCUT2D eigenvalue weighted by molar-refractivity contribution is 0.375. The average molecular weight is 297 g/mol. The zero-order chi connectivity index (χ0) is 13.9. The van der Waals surface area contributed by atoms with Gasteiger partial charge in [0.2, 0.25) is 0 Å².